The number of anilines is 2. The third-order valence-electron chi connectivity index (χ3n) is 2.01. The Labute approximate surface area is 134 Å². The Morgan fingerprint density at radius 3 is 1.12 bits per heavy atom. The first kappa shape index (κ1) is 13.6. The fourth-order valence-corrected chi connectivity index (χ4v) is 4.01. The lowest BCUT2D eigenvalue weighted by atomic mass is 10.3. The van der Waals surface area contributed by atoms with Gasteiger partial charge in [0.25, 0.3) is 0 Å². The van der Waals surface area contributed by atoms with E-state index < -0.39 is 0 Å². The van der Waals surface area contributed by atoms with Gasteiger partial charge in [-0.1, -0.05) is 63.7 Å². The Morgan fingerprint density at radius 1 is 0.529 bits per heavy atom. The molecule has 1 nitrogen and oxygen atoms in total. The summed E-state index contributed by atoms with van der Waals surface area (Å²) in [5.41, 5.74) is 2.05. The molecule has 2 rings (SSSR count). The molecule has 5 heteroatoms. The van der Waals surface area contributed by atoms with E-state index in [9.17, 15) is 0 Å². The molecule has 2 aromatic rings. The lowest BCUT2D eigenvalue weighted by Gasteiger charge is -2.08. The minimum absolute atomic E-state index is 1.02. The van der Waals surface area contributed by atoms with Crippen molar-refractivity contribution in [3.8, 4) is 0 Å². The molecule has 0 spiro atoms. The Bertz CT molecular complexity index is 464. The smallest absolute Gasteiger partial charge is 0.0406 e. The fraction of sp³-hybridized carbons (Fsp3) is 0. The zero-order valence-corrected chi connectivity index (χ0v) is 14.8. The zero-order valence-electron chi connectivity index (χ0n) is 8.48. The van der Waals surface area contributed by atoms with Crippen LogP contribution < -0.4 is 5.32 Å². The van der Waals surface area contributed by atoms with Gasteiger partial charge < -0.3 is 5.32 Å². The van der Waals surface area contributed by atoms with Gasteiger partial charge in [0, 0.05) is 29.3 Å². The topological polar surface area (TPSA) is 12.0 Å². The highest BCUT2D eigenvalue weighted by Crippen LogP contribution is 2.29. The largest absolute Gasteiger partial charge is 0.355 e. The van der Waals surface area contributed by atoms with Crippen molar-refractivity contribution in [3.63, 3.8) is 0 Å². The second-order valence-electron chi connectivity index (χ2n) is 3.44. The van der Waals surface area contributed by atoms with E-state index in [0.29, 0.717) is 0 Å². The molecule has 0 saturated heterocycles. The summed E-state index contributed by atoms with van der Waals surface area (Å²) in [5, 5.41) is 3.35. The number of hydrogen-bond donors (Lipinski definition) is 1. The summed E-state index contributed by atoms with van der Waals surface area (Å²) >= 11 is 13.9. The van der Waals surface area contributed by atoms with Gasteiger partial charge in [-0.25, -0.2) is 0 Å². The fourth-order valence-electron chi connectivity index (χ4n) is 1.42. The van der Waals surface area contributed by atoms with E-state index in [1.807, 2.05) is 36.4 Å². The van der Waals surface area contributed by atoms with Crippen LogP contribution in [0.25, 0.3) is 0 Å². The van der Waals surface area contributed by atoms with Crippen molar-refractivity contribution in [2.24, 2.45) is 0 Å². The summed E-state index contributed by atoms with van der Waals surface area (Å²) in [6, 6.07) is 12.1. The Hall–Kier alpha value is 0.160. The summed E-state index contributed by atoms with van der Waals surface area (Å²) in [5.74, 6) is 0. The summed E-state index contributed by atoms with van der Waals surface area (Å²) in [6.45, 7) is 0. The van der Waals surface area contributed by atoms with Crippen LogP contribution in [0.2, 0.25) is 0 Å². The predicted molar refractivity (Wildman–Crippen MR) is 87.0 cm³/mol. The normalized spacial score (nSPS) is 10.4. The van der Waals surface area contributed by atoms with Crippen LogP contribution in [0.3, 0.4) is 0 Å². The maximum atomic E-state index is 3.47. The number of benzene rings is 2. The quantitative estimate of drug-likeness (QED) is 0.514. The van der Waals surface area contributed by atoms with Crippen LogP contribution in [-0.4, -0.2) is 0 Å². The predicted octanol–water partition coefficient (Wildman–Crippen LogP) is 6.48. The van der Waals surface area contributed by atoms with Crippen molar-refractivity contribution < 1.29 is 0 Å². The molecular weight excluding hydrogens is 478 g/mol. The molecule has 0 aliphatic carbocycles. The highest BCUT2D eigenvalue weighted by Gasteiger charge is 2.01. The molecule has 17 heavy (non-hydrogen) atoms. The molecule has 0 aromatic heterocycles. The van der Waals surface area contributed by atoms with Gasteiger partial charge >= 0.3 is 0 Å². The van der Waals surface area contributed by atoms with Crippen molar-refractivity contribution in [3.05, 3.63) is 54.3 Å². The average Bonchev–Trinajstić information content (AvgIpc) is 2.13. The highest BCUT2D eigenvalue weighted by atomic mass is 79.9. The Morgan fingerprint density at radius 2 is 0.824 bits per heavy atom. The van der Waals surface area contributed by atoms with E-state index in [1.54, 1.807) is 0 Å². The Kier molecular flexibility index (Phi) is 4.69. The van der Waals surface area contributed by atoms with Gasteiger partial charge in [-0.05, 0) is 36.4 Å². The third kappa shape index (κ3) is 4.09. The Balaban J connectivity index is 2.31. The molecule has 0 heterocycles. The monoisotopic (exact) mass is 481 g/mol. The van der Waals surface area contributed by atoms with Crippen LogP contribution in [-0.2, 0) is 0 Å². The number of halogens is 4. The average molecular weight is 485 g/mol. The van der Waals surface area contributed by atoms with Gasteiger partial charge in [-0.3, -0.25) is 0 Å². The first-order valence-corrected chi connectivity index (χ1v) is 7.89. The summed E-state index contributed by atoms with van der Waals surface area (Å²) in [7, 11) is 0. The number of rotatable bonds is 2. The highest BCUT2D eigenvalue weighted by molar-refractivity contribution is 9.11. The van der Waals surface area contributed by atoms with E-state index in [4.69, 9.17) is 0 Å². The molecule has 0 amide bonds. The molecular formula is C12H7Br4N. The second-order valence-corrected chi connectivity index (χ2v) is 7.10. The molecule has 0 radical (unpaired) electrons. The first-order chi connectivity index (χ1) is 8.02. The van der Waals surface area contributed by atoms with Crippen LogP contribution >= 0.6 is 63.7 Å². The van der Waals surface area contributed by atoms with E-state index in [2.05, 4.69) is 69.0 Å². The van der Waals surface area contributed by atoms with E-state index in [0.717, 1.165) is 29.3 Å². The molecule has 88 valence electrons. The molecule has 0 unspecified atom stereocenters. The molecule has 0 bridgehead atoms. The van der Waals surface area contributed by atoms with Gasteiger partial charge in [0.2, 0.25) is 0 Å². The standard InChI is InChI=1S/C12H7Br4N/c13-7-1-8(14)4-11(3-7)17-12-5-9(15)2-10(16)6-12/h1-6,17H. The van der Waals surface area contributed by atoms with Crippen molar-refractivity contribution in [1.29, 1.82) is 0 Å². The van der Waals surface area contributed by atoms with Crippen LogP contribution in [0.5, 0.6) is 0 Å². The summed E-state index contributed by atoms with van der Waals surface area (Å²) < 4.78 is 4.12. The molecule has 1 N–H and O–H groups in total. The van der Waals surface area contributed by atoms with Crippen molar-refractivity contribution in [2.45, 2.75) is 0 Å². The van der Waals surface area contributed by atoms with Gasteiger partial charge in [0.05, 0.1) is 0 Å². The summed E-state index contributed by atoms with van der Waals surface area (Å²) in [6.07, 6.45) is 0. The lowest BCUT2D eigenvalue weighted by Crippen LogP contribution is -1.90. The SMILES string of the molecule is Brc1cc(Br)cc(Nc2cc(Br)cc(Br)c2)c1. The minimum Gasteiger partial charge on any atom is -0.355 e. The van der Waals surface area contributed by atoms with Crippen LogP contribution in [0, 0.1) is 0 Å². The molecule has 0 aliphatic heterocycles. The number of hydrogen-bond acceptors (Lipinski definition) is 1. The van der Waals surface area contributed by atoms with Crippen LogP contribution in [0.4, 0.5) is 11.4 Å². The van der Waals surface area contributed by atoms with E-state index >= 15 is 0 Å². The summed E-state index contributed by atoms with van der Waals surface area (Å²) in [4.78, 5) is 0. The number of nitrogens with one attached hydrogen (secondary N) is 1. The first-order valence-electron chi connectivity index (χ1n) is 4.72. The third-order valence-corrected chi connectivity index (χ3v) is 3.85. The minimum atomic E-state index is 1.02. The van der Waals surface area contributed by atoms with Crippen LogP contribution in [0.1, 0.15) is 0 Å². The molecule has 0 aliphatic rings. The molecule has 0 fully saturated rings. The van der Waals surface area contributed by atoms with Gasteiger partial charge in [0.15, 0.2) is 0 Å². The van der Waals surface area contributed by atoms with E-state index in [1.165, 1.54) is 0 Å². The zero-order chi connectivity index (χ0) is 12.4. The van der Waals surface area contributed by atoms with Gasteiger partial charge in [-0.15, -0.1) is 0 Å². The second kappa shape index (κ2) is 5.87. The lowest BCUT2D eigenvalue weighted by molar-refractivity contribution is 1.49. The molecule has 0 atom stereocenters. The van der Waals surface area contributed by atoms with E-state index in [-0.39, 0.29) is 0 Å². The van der Waals surface area contributed by atoms with Crippen molar-refractivity contribution >= 4 is 75.1 Å². The molecule has 2 aromatic carbocycles. The maximum absolute atomic E-state index is 3.47. The van der Waals surface area contributed by atoms with Crippen molar-refractivity contribution in [2.75, 3.05) is 5.32 Å². The van der Waals surface area contributed by atoms with Gasteiger partial charge in [-0.2, -0.15) is 0 Å². The van der Waals surface area contributed by atoms with Crippen LogP contribution in [0.15, 0.2) is 54.3 Å². The maximum Gasteiger partial charge on any atom is 0.0406 e. The van der Waals surface area contributed by atoms with Gasteiger partial charge in [0.1, 0.15) is 0 Å². The van der Waals surface area contributed by atoms with Crippen molar-refractivity contribution in [1.82, 2.24) is 0 Å². The molecule has 0 saturated carbocycles.